The van der Waals surface area contributed by atoms with E-state index >= 15 is 0 Å². The van der Waals surface area contributed by atoms with Crippen LogP contribution in [0, 0.1) is 5.92 Å². The quantitative estimate of drug-likeness (QED) is 0.699. The van der Waals surface area contributed by atoms with Crippen LogP contribution >= 0.6 is 0 Å². The topological polar surface area (TPSA) is 47.3 Å². The molecule has 0 spiro atoms. The second kappa shape index (κ2) is 5.10. The zero-order valence-corrected chi connectivity index (χ0v) is 9.68. The molecule has 1 fully saturated rings. The van der Waals surface area contributed by atoms with Crippen molar-refractivity contribution in [2.75, 3.05) is 19.7 Å². The molecule has 0 aliphatic carbocycles. The molecule has 1 heterocycles. The van der Waals surface area contributed by atoms with Crippen molar-refractivity contribution in [3.05, 3.63) is 0 Å². The van der Waals surface area contributed by atoms with Crippen LogP contribution in [0.5, 0.6) is 0 Å². The Hall–Kier alpha value is -0.120. The molecule has 1 rings (SSSR count). The van der Waals surface area contributed by atoms with Gasteiger partial charge in [-0.15, -0.1) is 0 Å². The maximum Gasteiger partial charge on any atom is 0.0613 e. The lowest BCUT2D eigenvalue weighted by molar-refractivity contribution is 0.0870. The van der Waals surface area contributed by atoms with E-state index in [1.165, 1.54) is 6.42 Å². The third-order valence-electron chi connectivity index (χ3n) is 2.74. The lowest BCUT2D eigenvalue weighted by atomic mass is 9.99. The van der Waals surface area contributed by atoms with Crippen LogP contribution < -0.4 is 11.1 Å². The third-order valence-corrected chi connectivity index (χ3v) is 2.74. The van der Waals surface area contributed by atoms with Gasteiger partial charge in [-0.05, 0) is 32.6 Å². The first kappa shape index (κ1) is 12.0. The number of ether oxygens (including phenoxy) is 1. The first-order valence-electron chi connectivity index (χ1n) is 5.64. The minimum atomic E-state index is -0.110. The van der Waals surface area contributed by atoms with Gasteiger partial charge < -0.3 is 15.8 Å². The van der Waals surface area contributed by atoms with Crippen molar-refractivity contribution in [3.63, 3.8) is 0 Å². The second-order valence-electron chi connectivity index (χ2n) is 4.99. The summed E-state index contributed by atoms with van der Waals surface area (Å²) in [6, 6.07) is 0. The van der Waals surface area contributed by atoms with Crippen molar-refractivity contribution in [2.45, 2.75) is 45.3 Å². The molecule has 0 amide bonds. The van der Waals surface area contributed by atoms with Crippen LogP contribution in [-0.2, 0) is 4.74 Å². The maximum atomic E-state index is 5.89. The monoisotopic (exact) mass is 200 g/mol. The van der Waals surface area contributed by atoms with E-state index < -0.39 is 0 Å². The molecule has 0 radical (unpaired) electrons. The number of nitrogens with two attached hydrogens (primary N) is 1. The fourth-order valence-electron chi connectivity index (χ4n) is 1.96. The van der Waals surface area contributed by atoms with Gasteiger partial charge in [0.1, 0.15) is 0 Å². The van der Waals surface area contributed by atoms with Gasteiger partial charge in [-0.2, -0.15) is 0 Å². The first-order chi connectivity index (χ1) is 6.53. The van der Waals surface area contributed by atoms with Crippen molar-refractivity contribution in [1.29, 1.82) is 0 Å². The zero-order chi connectivity index (χ0) is 10.6. The van der Waals surface area contributed by atoms with Gasteiger partial charge >= 0.3 is 0 Å². The highest BCUT2D eigenvalue weighted by molar-refractivity contribution is 4.80. The Morgan fingerprint density at radius 1 is 1.50 bits per heavy atom. The highest BCUT2D eigenvalue weighted by Gasteiger charge is 2.26. The van der Waals surface area contributed by atoms with E-state index in [1.807, 2.05) is 13.8 Å². The molecule has 14 heavy (non-hydrogen) atoms. The molecule has 1 saturated heterocycles. The molecule has 1 aliphatic heterocycles. The summed E-state index contributed by atoms with van der Waals surface area (Å²) < 4.78 is 5.63. The highest BCUT2D eigenvalue weighted by atomic mass is 16.5. The van der Waals surface area contributed by atoms with Crippen molar-refractivity contribution < 1.29 is 4.74 Å². The summed E-state index contributed by atoms with van der Waals surface area (Å²) in [6.07, 6.45) is 2.78. The van der Waals surface area contributed by atoms with Gasteiger partial charge in [0, 0.05) is 25.2 Å². The molecule has 3 heteroatoms. The smallest absolute Gasteiger partial charge is 0.0613 e. The number of rotatable bonds is 5. The fraction of sp³-hybridized carbons (Fsp3) is 1.00. The third kappa shape index (κ3) is 3.95. The molecule has 2 unspecified atom stereocenters. The molecule has 0 bridgehead atoms. The number of hydrogen-bond donors (Lipinski definition) is 2. The van der Waals surface area contributed by atoms with Crippen LogP contribution in [0.1, 0.15) is 33.6 Å². The standard InChI is InChI=1S/C11H24N2O/c1-4-10-9(5-6-14-10)7-13-8-11(2,3)12/h9-10,13H,4-8,12H2,1-3H3. The molecule has 0 aromatic rings. The van der Waals surface area contributed by atoms with Gasteiger partial charge in [-0.25, -0.2) is 0 Å². The molecular weight excluding hydrogens is 176 g/mol. The van der Waals surface area contributed by atoms with E-state index in [4.69, 9.17) is 10.5 Å². The Bertz CT molecular complexity index is 165. The fourth-order valence-corrected chi connectivity index (χ4v) is 1.96. The normalized spacial score (nSPS) is 28.3. The SMILES string of the molecule is CCC1OCCC1CNCC(C)(C)N. The lowest BCUT2D eigenvalue weighted by Gasteiger charge is -2.22. The Labute approximate surface area is 87.4 Å². The summed E-state index contributed by atoms with van der Waals surface area (Å²) >= 11 is 0. The molecule has 0 saturated carbocycles. The predicted octanol–water partition coefficient (Wildman–Crippen LogP) is 1.13. The van der Waals surface area contributed by atoms with Gasteiger partial charge in [-0.3, -0.25) is 0 Å². The van der Waals surface area contributed by atoms with Crippen molar-refractivity contribution in [3.8, 4) is 0 Å². The zero-order valence-electron chi connectivity index (χ0n) is 9.68. The van der Waals surface area contributed by atoms with Gasteiger partial charge in [0.05, 0.1) is 6.10 Å². The summed E-state index contributed by atoms with van der Waals surface area (Å²) in [7, 11) is 0. The molecule has 3 nitrogen and oxygen atoms in total. The van der Waals surface area contributed by atoms with Crippen LogP contribution in [0.4, 0.5) is 0 Å². The van der Waals surface area contributed by atoms with Crippen molar-refractivity contribution in [2.24, 2.45) is 11.7 Å². The Kier molecular flexibility index (Phi) is 4.35. The number of hydrogen-bond acceptors (Lipinski definition) is 3. The van der Waals surface area contributed by atoms with E-state index in [0.717, 1.165) is 26.1 Å². The van der Waals surface area contributed by atoms with Gasteiger partial charge in [0.15, 0.2) is 0 Å². The molecular formula is C11H24N2O. The highest BCUT2D eigenvalue weighted by Crippen LogP contribution is 2.22. The van der Waals surface area contributed by atoms with Crippen LogP contribution in [0.3, 0.4) is 0 Å². The van der Waals surface area contributed by atoms with Gasteiger partial charge in [-0.1, -0.05) is 6.92 Å². The minimum absolute atomic E-state index is 0.110. The van der Waals surface area contributed by atoms with Crippen LogP contribution in [0.15, 0.2) is 0 Å². The molecule has 1 aliphatic rings. The van der Waals surface area contributed by atoms with Gasteiger partial charge in [0.25, 0.3) is 0 Å². The number of nitrogens with one attached hydrogen (secondary N) is 1. The average Bonchev–Trinajstić information content (AvgIpc) is 2.49. The molecule has 0 aromatic carbocycles. The van der Waals surface area contributed by atoms with Crippen LogP contribution in [0.25, 0.3) is 0 Å². The van der Waals surface area contributed by atoms with E-state index in [0.29, 0.717) is 12.0 Å². The molecule has 3 N–H and O–H groups in total. The van der Waals surface area contributed by atoms with E-state index in [1.54, 1.807) is 0 Å². The molecule has 84 valence electrons. The Balaban J connectivity index is 2.18. The van der Waals surface area contributed by atoms with E-state index in [-0.39, 0.29) is 5.54 Å². The Morgan fingerprint density at radius 2 is 2.21 bits per heavy atom. The first-order valence-corrected chi connectivity index (χ1v) is 5.64. The summed E-state index contributed by atoms with van der Waals surface area (Å²) in [5.74, 6) is 0.683. The van der Waals surface area contributed by atoms with E-state index in [9.17, 15) is 0 Å². The minimum Gasteiger partial charge on any atom is -0.378 e. The van der Waals surface area contributed by atoms with Crippen molar-refractivity contribution >= 4 is 0 Å². The summed E-state index contributed by atoms with van der Waals surface area (Å²) in [5, 5.41) is 3.43. The largest absolute Gasteiger partial charge is 0.378 e. The predicted molar refractivity (Wildman–Crippen MR) is 59.3 cm³/mol. The summed E-state index contributed by atoms with van der Waals surface area (Å²) in [5.41, 5.74) is 5.78. The lowest BCUT2D eigenvalue weighted by Crippen LogP contribution is -2.44. The Morgan fingerprint density at radius 3 is 2.79 bits per heavy atom. The average molecular weight is 200 g/mol. The molecule has 0 aromatic heterocycles. The van der Waals surface area contributed by atoms with E-state index in [2.05, 4.69) is 12.2 Å². The molecule has 2 atom stereocenters. The summed E-state index contributed by atoms with van der Waals surface area (Å²) in [6.45, 7) is 9.12. The van der Waals surface area contributed by atoms with Crippen molar-refractivity contribution in [1.82, 2.24) is 5.32 Å². The maximum absolute atomic E-state index is 5.89. The van der Waals surface area contributed by atoms with Gasteiger partial charge in [0.2, 0.25) is 0 Å². The second-order valence-corrected chi connectivity index (χ2v) is 4.99. The van der Waals surface area contributed by atoms with Crippen LogP contribution in [-0.4, -0.2) is 31.3 Å². The summed E-state index contributed by atoms with van der Waals surface area (Å²) in [4.78, 5) is 0. The van der Waals surface area contributed by atoms with Crippen LogP contribution in [0.2, 0.25) is 0 Å².